The summed E-state index contributed by atoms with van der Waals surface area (Å²) in [4.78, 5) is 11.2. The molecule has 144 valence electrons. The normalized spacial score (nSPS) is 13.1. The molecule has 2 N–H and O–H groups in total. The van der Waals surface area contributed by atoms with Crippen molar-refractivity contribution in [2.24, 2.45) is 5.73 Å². The summed E-state index contributed by atoms with van der Waals surface area (Å²) in [5.74, 6) is -0.716. The lowest BCUT2D eigenvalue weighted by atomic mass is 10.0. The Morgan fingerprint density at radius 1 is 0.750 bits per heavy atom. The lowest BCUT2D eigenvalue weighted by Crippen LogP contribution is -2.35. The van der Waals surface area contributed by atoms with Crippen molar-refractivity contribution in [1.29, 1.82) is 0 Å². The Hall–Kier alpha value is -0.580. The molecule has 5 heteroatoms. The molecule has 0 aromatic rings. The van der Waals surface area contributed by atoms with Crippen LogP contribution in [0.3, 0.4) is 0 Å². The molecule has 0 spiro atoms. The predicted octanol–water partition coefficient (Wildman–Crippen LogP) is 4.76. The summed E-state index contributed by atoms with van der Waals surface area (Å²) < 4.78 is 22.9. The number of primary amides is 1. The van der Waals surface area contributed by atoms with Gasteiger partial charge < -0.3 is 5.73 Å². The molecule has 0 aliphatic carbocycles. The molecule has 1 unspecified atom stereocenters. The standard InChI is InChI=1S/C19H39NO3S/c1-3-4-5-6-7-8-9-10-11-12-13-14-15-16-17-18(19(20)21)24(2,22)23/h18H,3-17H2,1-2H3,(H2,20,21). The van der Waals surface area contributed by atoms with Crippen LogP contribution < -0.4 is 5.73 Å². The van der Waals surface area contributed by atoms with Gasteiger partial charge >= 0.3 is 0 Å². The average Bonchev–Trinajstić information content (AvgIpc) is 2.49. The molecular formula is C19H39NO3S. The maximum absolute atomic E-state index is 11.4. The Bertz CT molecular complexity index is 407. The minimum atomic E-state index is -3.36. The van der Waals surface area contributed by atoms with E-state index in [-0.39, 0.29) is 0 Å². The quantitative estimate of drug-likeness (QED) is 0.380. The van der Waals surface area contributed by atoms with Gasteiger partial charge in [0.1, 0.15) is 5.25 Å². The minimum Gasteiger partial charge on any atom is -0.369 e. The second kappa shape index (κ2) is 14.7. The van der Waals surface area contributed by atoms with E-state index in [1.165, 1.54) is 70.6 Å². The maximum atomic E-state index is 11.4. The first kappa shape index (κ1) is 23.4. The van der Waals surface area contributed by atoms with Crippen LogP contribution in [0.15, 0.2) is 0 Å². The van der Waals surface area contributed by atoms with Gasteiger partial charge in [0, 0.05) is 6.26 Å². The highest BCUT2D eigenvalue weighted by molar-refractivity contribution is 7.92. The molecule has 0 aliphatic rings. The Labute approximate surface area is 149 Å². The van der Waals surface area contributed by atoms with E-state index < -0.39 is 21.0 Å². The largest absolute Gasteiger partial charge is 0.369 e. The molecule has 1 atom stereocenters. The van der Waals surface area contributed by atoms with Gasteiger partial charge in [0.25, 0.3) is 0 Å². The minimum absolute atomic E-state index is 0.367. The maximum Gasteiger partial charge on any atom is 0.235 e. The fourth-order valence-corrected chi connectivity index (χ4v) is 4.11. The van der Waals surface area contributed by atoms with Gasteiger partial charge in [0.05, 0.1) is 0 Å². The lowest BCUT2D eigenvalue weighted by Gasteiger charge is -2.10. The summed E-state index contributed by atoms with van der Waals surface area (Å²) in [6, 6.07) is 0. The first-order chi connectivity index (χ1) is 11.4. The highest BCUT2D eigenvalue weighted by Gasteiger charge is 2.25. The number of rotatable bonds is 17. The number of amides is 1. The molecule has 4 nitrogen and oxygen atoms in total. The number of nitrogens with two attached hydrogens (primary N) is 1. The molecule has 0 fully saturated rings. The van der Waals surface area contributed by atoms with Crippen LogP contribution in [0, 0.1) is 0 Å². The summed E-state index contributed by atoms with van der Waals surface area (Å²) in [6.45, 7) is 2.25. The number of carbonyl (C=O) groups excluding carboxylic acids is 1. The van der Waals surface area contributed by atoms with Crippen molar-refractivity contribution in [2.75, 3.05) is 6.26 Å². The van der Waals surface area contributed by atoms with Gasteiger partial charge in [-0.3, -0.25) is 4.79 Å². The first-order valence-electron chi connectivity index (χ1n) is 9.87. The zero-order chi connectivity index (χ0) is 18.3. The number of sulfone groups is 1. The molecular weight excluding hydrogens is 322 g/mol. The molecule has 1 amide bonds. The van der Waals surface area contributed by atoms with Gasteiger partial charge in [-0.05, 0) is 6.42 Å². The summed E-state index contributed by atoms with van der Waals surface area (Å²) in [6.07, 6.45) is 19.1. The number of unbranched alkanes of at least 4 members (excludes halogenated alkanes) is 13. The van der Waals surface area contributed by atoms with Gasteiger partial charge in [0.2, 0.25) is 5.91 Å². The van der Waals surface area contributed by atoms with Crippen molar-refractivity contribution in [3.05, 3.63) is 0 Å². The fourth-order valence-electron chi connectivity index (χ4n) is 3.09. The van der Waals surface area contributed by atoms with Crippen molar-refractivity contribution < 1.29 is 13.2 Å². The SMILES string of the molecule is CCCCCCCCCCCCCCCCC(C(N)=O)S(C)(=O)=O. The van der Waals surface area contributed by atoms with E-state index in [4.69, 9.17) is 5.73 Å². The number of carbonyl (C=O) groups is 1. The van der Waals surface area contributed by atoms with E-state index in [0.717, 1.165) is 25.5 Å². The third-order valence-electron chi connectivity index (χ3n) is 4.65. The topological polar surface area (TPSA) is 77.2 Å². The van der Waals surface area contributed by atoms with Crippen molar-refractivity contribution in [3.63, 3.8) is 0 Å². The lowest BCUT2D eigenvalue weighted by molar-refractivity contribution is -0.117. The van der Waals surface area contributed by atoms with Gasteiger partial charge in [-0.15, -0.1) is 0 Å². The van der Waals surface area contributed by atoms with E-state index in [2.05, 4.69) is 6.92 Å². The molecule has 0 bridgehead atoms. The van der Waals surface area contributed by atoms with E-state index in [1.54, 1.807) is 0 Å². The number of hydrogen-bond acceptors (Lipinski definition) is 3. The van der Waals surface area contributed by atoms with E-state index in [9.17, 15) is 13.2 Å². The van der Waals surface area contributed by atoms with E-state index >= 15 is 0 Å². The Kier molecular flexibility index (Phi) is 14.4. The summed E-state index contributed by atoms with van der Waals surface area (Å²) in [5, 5.41) is -1.00. The van der Waals surface area contributed by atoms with E-state index in [1.807, 2.05) is 0 Å². The van der Waals surface area contributed by atoms with Gasteiger partial charge in [-0.2, -0.15) is 0 Å². The van der Waals surface area contributed by atoms with Crippen molar-refractivity contribution in [3.8, 4) is 0 Å². The Balaban J connectivity index is 3.38. The van der Waals surface area contributed by atoms with Crippen LogP contribution in [0.5, 0.6) is 0 Å². The Morgan fingerprint density at radius 3 is 1.38 bits per heavy atom. The molecule has 0 aromatic heterocycles. The van der Waals surface area contributed by atoms with Crippen LogP contribution in [0.2, 0.25) is 0 Å². The van der Waals surface area contributed by atoms with Crippen LogP contribution >= 0.6 is 0 Å². The number of hydrogen-bond donors (Lipinski definition) is 1. The molecule has 0 rings (SSSR count). The molecule has 0 saturated heterocycles. The second-order valence-electron chi connectivity index (χ2n) is 7.11. The summed E-state index contributed by atoms with van der Waals surface area (Å²) in [7, 11) is -3.36. The molecule has 0 radical (unpaired) electrons. The molecule has 0 aliphatic heterocycles. The fraction of sp³-hybridized carbons (Fsp3) is 0.947. The third-order valence-corrected chi connectivity index (χ3v) is 6.16. The van der Waals surface area contributed by atoms with Gasteiger partial charge in [-0.25, -0.2) is 8.42 Å². The smallest absolute Gasteiger partial charge is 0.235 e. The van der Waals surface area contributed by atoms with Crippen LogP contribution in [-0.2, 0) is 14.6 Å². The zero-order valence-electron chi connectivity index (χ0n) is 15.9. The summed E-state index contributed by atoms with van der Waals surface area (Å²) >= 11 is 0. The predicted molar refractivity (Wildman–Crippen MR) is 103 cm³/mol. The van der Waals surface area contributed by atoms with Gasteiger partial charge in [-0.1, -0.05) is 96.8 Å². The molecule has 0 aromatic carbocycles. The van der Waals surface area contributed by atoms with Crippen molar-refractivity contribution in [2.45, 2.75) is 108 Å². The zero-order valence-corrected chi connectivity index (χ0v) is 16.7. The van der Waals surface area contributed by atoms with Crippen LogP contribution in [0.25, 0.3) is 0 Å². The Morgan fingerprint density at radius 2 is 1.08 bits per heavy atom. The molecule has 0 saturated carbocycles. The summed E-state index contributed by atoms with van der Waals surface area (Å²) in [5.41, 5.74) is 5.16. The van der Waals surface area contributed by atoms with Gasteiger partial charge in [0.15, 0.2) is 9.84 Å². The van der Waals surface area contributed by atoms with E-state index in [0.29, 0.717) is 6.42 Å². The first-order valence-corrected chi connectivity index (χ1v) is 11.8. The second-order valence-corrected chi connectivity index (χ2v) is 9.33. The van der Waals surface area contributed by atoms with Crippen LogP contribution in [0.4, 0.5) is 0 Å². The molecule has 0 heterocycles. The average molecular weight is 362 g/mol. The molecule has 24 heavy (non-hydrogen) atoms. The highest BCUT2D eigenvalue weighted by Crippen LogP contribution is 2.15. The van der Waals surface area contributed by atoms with Crippen molar-refractivity contribution >= 4 is 15.7 Å². The van der Waals surface area contributed by atoms with Crippen LogP contribution in [-0.4, -0.2) is 25.8 Å². The third kappa shape index (κ3) is 13.8. The monoisotopic (exact) mass is 361 g/mol. The van der Waals surface area contributed by atoms with Crippen LogP contribution in [0.1, 0.15) is 103 Å². The van der Waals surface area contributed by atoms with Crippen molar-refractivity contribution in [1.82, 2.24) is 0 Å². The highest BCUT2D eigenvalue weighted by atomic mass is 32.2.